The van der Waals surface area contributed by atoms with Crippen LogP contribution in [0.3, 0.4) is 0 Å². The van der Waals surface area contributed by atoms with Gasteiger partial charge in [0, 0.05) is 30.6 Å². The Morgan fingerprint density at radius 1 is 1.16 bits per heavy atom. The van der Waals surface area contributed by atoms with Crippen molar-refractivity contribution in [2.45, 2.75) is 58.0 Å². The number of carbonyl (C=O) groups excluding carboxylic acids is 2. The first-order valence-corrected chi connectivity index (χ1v) is 11.0. The van der Waals surface area contributed by atoms with Crippen molar-refractivity contribution in [3.8, 4) is 0 Å². The van der Waals surface area contributed by atoms with Gasteiger partial charge in [0.2, 0.25) is 11.8 Å². The lowest BCUT2D eigenvalue weighted by atomic mass is 9.84. The quantitative estimate of drug-likeness (QED) is 0.588. The number of hydrogen-bond acceptors (Lipinski definition) is 3. The molecule has 2 heterocycles. The molecule has 0 unspecified atom stereocenters. The molecule has 1 fully saturated rings. The van der Waals surface area contributed by atoms with E-state index in [2.05, 4.69) is 46.1 Å². The van der Waals surface area contributed by atoms with Gasteiger partial charge in [0.1, 0.15) is 0 Å². The summed E-state index contributed by atoms with van der Waals surface area (Å²) in [6.45, 7) is 5.18. The van der Waals surface area contributed by atoms with Crippen LogP contribution in [0.5, 0.6) is 0 Å². The largest absolute Gasteiger partial charge is 0.354 e. The van der Waals surface area contributed by atoms with E-state index < -0.39 is 0 Å². The number of carbonyl (C=O) groups is 2. The van der Waals surface area contributed by atoms with Crippen molar-refractivity contribution < 1.29 is 9.59 Å². The minimum atomic E-state index is -0.355. The number of nitrogens with zero attached hydrogens (tertiary/aromatic N) is 2. The summed E-state index contributed by atoms with van der Waals surface area (Å²) in [5.41, 5.74) is 2.91. The third-order valence-electron chi connectivity index (χ3n) is 6.17. The summed E-state index contributed by atoms with van der Waals surface area (Å²) in [7, 11) is 0. The fraction of sp³-hybridized carbons (Fsp3) is 0.400. The van der Waals surface area contributed by atoms with E-state index in [0.29, 0.717) is 32.4 Å². The lowest BCUT2D eigenvalue weighted by Crippen LogP contribution is -2.44. The number of fused-ring (bicyclic) bond motifs is 1. The van der Waals surface area contributed by atoms with Crippen LogP contribution in [0.4, 0.5) is 0 Å². The van der Waals surface area contributed by atoms with Gasteiger partial charge in [0.15, 0.2) is 0 Å². The van der Waals surface area contributed by atoms with E-state index in [1.807, 2.05) is 36.7 Å². The molecule has 4 rings (SSSR count). The van der Waals surface area contributed by atoms with Crippen LogP contribution in [0.15, 0.2) is 48.5 Å². The summed E-state index contributed by atoms with van der Waals surface area (Å²) < 4.78 is 1.91. The fourth-order valence-electron chi connectivity index (χ4n) is 4.57. The molecule has 2 N–H and O–H groups in total. The van der Waals surface area contributed by atoms with E-state index in [9.17, 15) is 9.59 Å². The number of aromatic nitrogens is 2. The summed E-state index contributed by atoms with van der Waals surface area (Å²) in [5, 5.41) is 13.0. The molecule has 31 heavy (non-hydrogen) atoms. The topological polar surface area (TPSA) is 76.0 Å². The zero-order valence-corrected chi connectivity index (χ0v) is 18.3. The molecule has 0 spiro atoms. The van der Waals surface area contributed by atoms with Crippen molar-refractivity contribution in [3.05, 3.63) is 65.5 Å². The summed E-state index contributed by atoms with van der Waals surface area (Å²) in [6.07, 6.45) is 3.05. The lowest BCUT2D eigenvalue weighted by Gasteiger charge is -2.29. The van der Waals surface area contributed by atoms with E-state index in [1.165, 1.54) is 16.3 Å². The van der Waals surface area contributed by atoms with Gasteiger partial charge in [-0.05, 0) is 55.5 Å². The SMILES string of the molecule is Cc1cc(C)n(CCNC(=O)CC[C@@]2(Cc3ccc4ccccc4c3)CCC(=O)N2)n1. The van der Waals surface area contributed by atoms with Crippen LogP contribution in [0.25, 0.3) is 10.8 Å². The van der Waals surface area contributed by atoms with E-state index >= 15 is 0 Å². The molecule has 1 aromatic heterocycles. The van der Waals surface area contributed by atoms with Crippen molar-refractivity contribution in [2.24, 2.45) is 0 Å². The molecule has 0 aliphatic carbocycles. The van der Waals surface area contributed by atoms with Crippen molar-refractivity contribution in [1.82, 2.24) is 20.4 Å². The maximum Gasteiger partial charge on any atom is 0.220 e. The minimum absolute atomic E-state index is 0.0144. The highest BCUT2D eigenvalue weighted by Gasteiger charge is 2.37. The van der Waals surface area contributed by atoms with Crippen LogP contribution >= 0.6 is 0 Å². The predicted octanol–water partition coefficient (Wildman–Crippen LogP) is 3.44. The molecular formula is C25H30N4O2. The number of amides is 2. The Hall–Kier alpha value is -3.15. The van der Waals surface area contributed by atoms with Gasteiger partial charge in [-0.2, -0.15) is 5.10 Å². The molecular weight excluding hydrogens is 388 g/mol. The zero-order valence-electron chi connectivity index (χ0n) is 18.3. The molecule has 1 aliphatic heterocycles. The van der Waals surface area contributed by atoms with Crippen LogP contribution in [0.1, 0.15) is 42.6 Å². The zero-order chi connectivity index (χ0) is 21.8. The molecule has 2 amide bonds. The van der Waals surface area contributed by atoms with Crippen LogP contribution in [0.2, 0.25) is 0 Å². The smallest absolute Gasteiger partial charge is 0.220 e. The van der Waals surface area contributed by atoms with Crippen molar-refractivity contribution in [1.29, 1.82) is 0 Å². The van der Waals surface area contributed by atoms with Crippen molar-refractivity contribution >= 4 is 22.6 Å². The lowest BCUT2D eigenvalue weighted by molar-refractivity contribution is -0.122. The normalized spacial score (nSPS) is 18.3. The molecule has 6 heteroatoms. The van der Waals surface area contributed by atoms with E-state index in [0.717, 1.165) is 24.2 Å². The third kappa shape index (κ3) is 5.13. The molecule has 2 aromatic carbocycles. The van der Waals surface area contributed by atoms with Gasteiger partial charge in [0.25, 0.3) is 0 Å². The van der Waals surface area contributed by atoms with Gasteiger partial charge in [-0.1, -0.05) is 42.5 Å². The number of hydrogen-bond donors (Lipinski definition) is 2. The highest BCUT2D eigenvalue weighted by Crippen LogP contribution is 2.30. The second kappa shape index (κ2) is 8.92. The fourth-order valence-corrected chi connectivity index (χ4v) is 4.57. The summed E-state index contributed by atoms with van der Waals surface area (Å²) >= 11 is 0. The molecule has 0 saturated carbocycles. The second-order valence-corrected chi connectivity index (χ2v) is 8.69. The predicted molar refractivity (Wildman–Crippen MR) is 122 cm³/mol. The van der Waals surface area contributed by atoms with E-state index in [-0.39, 0.29) is 17.4 Å². The van der Waals surface area contributed by atoms with Crippen LogP contribution in [0, 0.1) is 13.8 Å². The molecule has 162 valence electrons. The Balaban J connectivity index is 1.35. The number of nitrogens with one attached hydrogen (secondary N) is 2. The first-order chi connectivity index (χ1) is 14.9. The summed E-state index contributed by atoms with van der Waals surface area (Å²) in [5.74, 6) is 0.0892. The van der Waals surface area contributed by atoms with E-state index in [1.54, 1.807) is 0 Å². The standard InChI is InChI=1S/C25H30N4O2/c1-18-15-19(2)29(28-18)14-13-26-23(30)9-11-25(12-10-24(31)27-25)17-20-7-8-21-5-3-4-6-22(21)16-20/h3-8,15-16H,9-14,17H2,1-2H3,(H,26,30)(H,27,31)/t25-/m0/s1. The Bertz CT molecular complexity index is 1100. The maximum absolute atomic E-state index is 12.5. The molecule has 1 atom stereocenters. The van der Waals surface area contributed by atoms with Gasteiger partial charge in [0.05, 0.1) is 12.2 Å². The molecule has 3 aromatic rings. The monoisotopic (exact) mass is 418 g/mol. The van der Waals surface area contributed by atoms with Gasteiger partial charge in [-0.25, -0.2) is 0 Å². The second-order valence-electron chi connectivity index (χ2n) is 8.69. The highest BCUT2D eigenvalue weighted by molar-refractivity contribution is 5.83. The Kier molecular flexibility index (Phi) is 6.07. The Labute approximate surface area is 183 Å². The van der Waals surface area contributed by atoms with E-state index in [4.69, 9.17) is 0 Å². The van der Waals surface area contributed by atoms with Crippen LogP contribution in [-0.4, -0.2) is 33.7 Å². The summed E-state index contributed by atoms with van der Waals surface area (Å²) in [4.78, 5) is 24.5. The molecule has 6 nitrogen and oxygen atoms in total. The van der Waals surface area contributed by atoms with Gasteiger partial charge < -0.3 is 10.6 Å². The van der Waals surface area contributed by atoms with Crippen LogP contribution < -0.4 is 10.6 Å². The van der Waals surface area contributed by atoms with Gasteiger partial charge in [-0.3, -0.25) is 14.3 Å². The minimum Gasteiger partial charge on any atom is -0.354 e. The van der Waals surface area contributed by atoms with Crippen LogP contribution in [-0.2, 0) is 22.6 Å². The van der Waals surface area contributed by atoms with Gasteiger partial charge in [-0.15, -0.1) is 0 Å². The Morgan fingerprint density at radius 3 is 2.68 bits per heavy atom. The average molecular weight is 419 g/mol. The third-order valence-corrected chi connectivity index (χ3v) is 6.17. The van der Waals surface area contributed by atoms with Crippen molar-refractivity contribution in [3.63, 3.8) is 0 Å². The first kappa shape index (κ1) is 21.1. The number of rotatable bonds is 8. The highest BCUT2D eigenvalue weighted by atomic mass is 16.2. The Morgan fingerprint density at radius 2 is 1.97 bits per heavy atom. The molecule has 1 aliphatic rings. The summed E-state index contributed by atoms with van der Waals surface area (Å²) in [6, 6.07) is 16.8. The molecule has 0 radical (unpaired) electrons. The first-order valence-electron chi connectivity index (χ1n) is 11.0. The number of aryl methyl sites for hydroxylation is 2. The molecule has 0 bridgehead atoms. The number of benzene rings is 2. The van der Waals surface area contributed by atoms with Crippen molar-refractivity contribution in [2.75, 3.05) is 6.54 Å². The van der Waals surface area contributed by atoms with Gasteiger partial charge >= 0.3 is 0 Å². The average Bonchev–Trinajstić information content (AvgIpc) is 3.27. The maximum atomic E-state index is 12.5. The molecule has 1 saturated heterocycles.